The van der Waals surface area contributed by atoms with Crippen LogP contribution >= 0.6 is 23.2 Å². The first-order valence-corrected chi connectivity index (χ1v) is 6.15. The lowest BCUT2D eigenvalue weighted by molar-refractivity contribution is 0.457. The summed E-state index contributed by atoms with van der Waals surface area (Å²) in [6.07, 6.45) is 0. The van der Waals surface area contributed by atoms with Crippen LogP contribution in [0.25, 0.3) is 0 Å². The minimum Gasteiger partial charge on any atom is -0.439 e. The second-order valence-corrected chi connectivity index (χ2v) is 4.64. The predicted octanol–water partition coefficient (Wildman–Crippen LogP) is 3.95. The molecule has 0 atom stereocenters. The van der Waals surface area contributed by atoms with E-state index in [4.69, 9.17) is 33.7 Å². The second-order valence-electron chi connectivity index (χ2n) is 3.79. The molecular weight excluding hydrogens is 271 g/mol. The molecule has 18 heavy (non-hydrogen) atoms. The van der Waals surface area contributed by atoms with Crippen LogP contribution in [0.4, 0.5) is 0 Å². The minimum atomic E-state index is 0.273. The highest BCUT2D eigenvalue weighted by atomic mass is 35.5. The van der Waals surface area contributed by atoms with E-state index < -0.39 is 0 Å². The smallest absolute Gasteiger partial charge is 0.219 e. The Kier molecular flexibility index (Phi) is 4.07. The maximum absolute atomic E-state index is 5.94. The van der Waals surface area contributed by atoms with Gasteiger partial charge in [-0.1, -0.05) is 23.2 Å². The van der Waals surface area contributed by atoms with Crippen LogP contribution in [-0.4, -0.2) is 4.98 Å². The Hall–Kier alpha value is -1.29. The van der Waals surface area contributed by atoms with Crippen molar-refractivity contribution >= 4 is 23.2 Å². The number of hydrogen-bond acceptors (Lipinski definition) is 3. The molecule has 2 rings (SSSR count). The molecule has 0 bridgehead atoms. The number of ether oxygens (including phenoxy) is 1. The third-order valence-electron chi connectivity index (χ3n) is 2.44. The molecule has 1 aromatic carbocycles. The van der Waals surface area contributed by atoms with Gasteiger partial charge in [-0.25, -0.2) is 4.98 Å². The van der Waals surface area contributed by atoms with E-state index in [-0.39, 0.29) is 6.54 Å². The maximum Gasteiger partial charge on any atom is 0.219 e. The molecular formula is C13H12Cl2N2O. The van der Waals surface area contributed by atoms with Crippen LogP contribution in [0.2, 0.25) is 10.0 Å². The number of rotatable bonds is 3. The third kappa shape index (κ3) is 2.93. The first kappa shape index (κ1) is 13.1. The van der Waals surface area contributed by atoms with E-state index in [1.807, 2.05) is 13.0 Å². The van der Waals surface area contributed by atoms with Crippen LogP contribution in [0, 0.1) is 6.92 Å². The van der Waals surface area contributed by atoms with Crippen molar-refractivity contribution in [3.63, 3.8) is 0 Å². The zero-order valence-corrected chi connectivity index (χ0v) is 11.3. The molecule has 0 saturated heterocycles. The van der Waals surface area contributed by atoms with Crippen molar-refractivity contribution in [3.8, 4) is 11.6 Å². The average molecular weight is 283 g/mol. The Bertz CT molecular complexity index is 573. The molecule has 0 amide bonds. The maximum atomic E-state index is 5.94. The standard InChI is InChI=1S/C13H12Cl2N2O/c1-8-6-9(14)2-4-12(8)18-13-5-3-10(15)11(7-16)17-13/h2-6H,7,16H2,1H3. The summed E-state index contributed by atoms with van der Waals surface area (Å²) in [5.41, 5.74) is 7.09. The van der Waals surface area contributed by atoms with Crippen molar-refractivity contribution in [3.05, 3.63) is 51.6 Å². The molecule has 0 spiro atoms. The van der Waals surface area contributed by atoms with Crippen molar-refractivity contribution in [1.29, 1.82) is 0 Å². The number of pyridine rings is 1. The summed E-state index contributed by atoms with van der Waals surface area (Å²) < 4.78 is 5.68. The molecule has 0 aliphatic rings. The molecule has 94 valence electrons. The number of aromatic nitrogens is 1. The number of hydrogen-bond donors (Lipinski definition) is 1. The molecule has 1 aromatic heterocycles. The molecule has 5 heteroatoms. The number of aryl methyl sites for hydroxylation is 1. The molecule has 2 N–H and O–H groups in total. The van der Waals surface area contributed by atoms with Gasteiger partial charge in [-0.05, 0) is 36.8 Å². The van der Waals surface area contributed by atoms with Crippen LogP contribution in [0.3, 0.4) is 0 Å². The van der Waals surface area contributed by atoms with E-state index >= 15 is 0 Å². The van der Waals surface area contributed by atoms with E-state index in [9.17, 15) is 0 Å². The minimum absolute atomic E-state index is 0.273. The predicted molar refractivity (Wildman–Crippen MR) is 73.4 cm³/mol. The number of benzene rings is 1. The first-order chi connectivity index (χ1) is 8.60. The van der Waals surface area contributed by atoms with E-state index in [0.29, 0.717) is 27.4 Å². The monoisotopic (exact) mass is 282 g/mol. The van der Waals surface area contributed by atoms with Crippen molar-refractivity contribution in [2.75, 3.05) is 0 Å². The highest BCUT2D eigenvalue weighted by Gasteiger charge is 2.06. The van der Waals surface area contributed by atoms with Gasteiger partial charge in [-0.3, -0.25) is 0 Å². The molecule has 0 aliphatic carbocycles. The Morgan fingerprint density at radius 2 is 2.00 bits per heavy atom. The molecule has 0 unspecified atom stereocenters. The van der Waals surface area contributed by atoms with Gasteiger partial charge in [-0.15, -0.1) is 0 Å². The van der Waals surface area contributed by atoms with Crippen molar-refractivity contribution in [1.82, 2.24) is 4.98 Å². The van der Waals surface area contributed by atoms with Crippen LogP contribution in [0.5, 0.6) is 11.6 Å². The fourth-order valence-corrected chi connectivity index (χ4v) is 1.91. The fourth-order valence-electron chi connectivity index (χ4n) is 1.50. The van der Waals surface area contributed by atoms with Crippen molar-refractivity contribution in [2.24, 2.45) is 5.73 Å². The largest absolute Gasteiger partial charge is 0.439 e. The van der Waals surface area contributed by atoms with Crippen LogP contribution in [0.15, 0.2) is 30.3 Å². The van der Waals surface area contributed by atoms with Gasteiger partial charge >= 0.3 is 0 Å². The first-order valence-electron chi connectivity index (χ1n) is 5.39. The van der Waals surface area contributed by atoms with Gasteiger partial charge < -0.3 is 10.5 Å². The summed E-state index contributed by atoms with van der Waals surface area (Å²) in [5.74, 6) is 1.17. The molecule has 1 heterocycles. The lowest BCUT2D eigenvalue weighted by Crippen LogP contribution is -2.01. The summed E-state index contributed by atoms with van der Waals surface area (Å²) in [7, 11) is 0. The summed E-state index contributed by atoms with van der Waals surface area (Å²) in [6, 6.07) is 8.82. The summed E-state index contributed by atoms with van der Waals surface area (Å²) in [5, 5.41) is 1.21. The molecule has 2 aromatic rings. The van der Waals surface area contributed by atoms with Crippen LogP contribution in [-0.2, 0) is 6.54 Å². The number of nitrogens with two attached hydrogens (primary N) is 1. The SMILES string of the molecule is Cc1cc(Cl)ccc1Oc1ccc(Cl)c(CN)n1. The second kappa shape index (κ2) is 5.57. The molecule has 0 fully saturated rings. The van der Waals surface area contributed by atoms with E-state index in [2.05, 4.69) is 4.98 Å². The summed E-state index contributed by atoms with van der Waals surface area (Å²) >= 11 is 11.8. The normalized spacial score (nSPS) is 10.4. The topological polar surface area (TPSA) is 48.1 Å². The van der Waals surface area contributed by atoms with Crippen LogP contribution in [0.1, 0.15) is 11.3 Å². The zero-order valence-electron chi connectivity index (χ0n) is 9.78. The Morgan fingerprint density at radius 3 is 2.67 bits per heavy atom. The fraction of sp³-hybridized carbons (Fsp3) is 0.154. The lowest BCUT2D eigenvalue weighted by Gasteiger charge is -2.09. The molecule has 0 radical (unpaired) electrons. The van der Waals surface area contributed by atoms with Gasteiger partial charge in [0.1, 0.15) is 5.75 Å². The van der Waals surface area contributed by atoms with Crippen LogP contribution < -0.4 is 10.5 Å². The van der Waals surface area contributed by atoms with E-state index in [1.54, 1.807) is 24.3 Å². The van der Waals surface area contributed by atoms with E-state index in [0.717, 1.165) is 5.56 Å². The number of halogens is 2. The van der Waals surface area contributed by atoms with Gasteiger partial charge in [0.05, 0.1) is 10.7 Å². The van der Waals surface area contributed by atoms with Crippen molar-refractivity contribution < 1.29 is 4.74 Å². The zero-order chi connectivity index (χ0) is 13.1. The lowest BCUT2D eigenvalue weighted by atomic mass is 10.2. The summed E-state index contributed by atoms with van der Waals surface area (Å²) in [6.45, 7) is 2.19. The van der Waals surface area contributed by atoms with Gasteiger partial charge in [0, 0.05) is 17.6 Å². The van der Waals surface area contributed by atoms with Crippen molar-refractivity contribution in [2.45, 2.75) is 13.5 Å². The van der Waals surface area contributed by atoms with Gasteiger partial charge in [0.25, 0.3) is 0 Å². The Morgan fingerprint density at radius 1 is 1.22 bits per heavy atom. The summed E-state index contributed by atoms with van der Waals surface area (Å²) in [4.78, 5) is 4.24. The third-order valence-corrected chi connectivity index (χ3v) is 3.02. The Balaban J connectivity index is 2.28. The Labute approximate surface area is 115 Å². The highest BCUT2D eigenvalue weighted by Crippen LogP contribution is 2.27. The van der Waals surface area contributed by atoms with Gasteiger partial charge in [0.2, 0.25) is 5.88 Å². The van der Waals surface area contributed by atoms with E-state index in [1.165, 1.54) is 0 Å². The molecule has 0 saturated carbocycles. The molecule has 3 nitrogen and oxygen atoms in total. The highest BCUT2D eigenvalue weighted by molar-refractivity contribution is 6.31. The van der Waals surface area contributed by atoms with Gasteiger partial charge in [-0.2, -0.15) is 0 Å². The number of nitrogens with zero attached hydrogens (tertiary/aromatic N) is 1. The average Bonchev–Trinajstić information content (AvgIpc) is 2.35. The van der Waals surface area contributed by atoms with Gasteiger partial charge in [0.15, 0.2) is 0 Å². The molecule has 0 aliphatic heterocycles. The quantitative estimate of drug-likeness (QED) is 0.927.